The molecule has 26 heavy (non-hydrogen) atoms. The summed E-state index contributed by atoms with van der Waals surface area (Å²) in [6.45, 7) is 13.2. The molecule has 1 aliphatic heterocycles. The van der Waals surface area contributed by atoms with Crippen LogP contribution in [0.2, 0.25) is 0 Å². The van der Waals surface area contributed by atoms with Gasteiger partial charge in [0.2, 0.25) is 0 Å². The van der Waals surface area contributed by atoms with Gasteiger partial charge in [-0.25, -0.2) is 9.59 Å². The average molecular weight is 365 g/mol. The van der Waals surface area contributed by atoms with Crippen molar-refractivity contribution < 1.29 is 19.1 Å². The van der Waals surface area contributed by atoms with Crippen molar-refractivity contribution in [2.45, 2.75) is 52.2 Å². The molecule has 0 aromatic carbocycles. The Morgan fingerprint density at radius 1 is 1.38 bits per heavy atom. The fourth-order valence-electron chi connectivity index (χ4n) is 2.72. The standard InChI is InChI=1S/C19H31N3O4/c1-7-14(11-16(20-5)17(23)25-6)12-22-10-8-9-15(13-22)21-18(24)26-19(2,3)4/h7,11,15H,5,8-10,12-13H2,1-4,6H3,(H,21,24)/b14-7+,16-11-/t15-/m1/s1. The van der Waals surface area contributed by atoms with E-state index in [-0.39, 0.29) is 17.8 Å². The maximum absolute atomic E-state index is 12.0. The molecule has 146 valence electrons. The predicted molar refractivity (Wildman–Crippen MR) is 102 cm³/mol. The van der Waals surface area contributed by atoms with Crippen molar-refractivity contribution in [2.24, 2.45) is 4.99 Å². The molecule has 0 spiro atoms. The Morgan fingerprint density at radius 3 is 2.62 bits per heavy atom. The predicted octanol–water partition coefficient (Wildman–Crippen LogP) is 2.68. The van der Waals surface area contributed by atoms with E-state index in [0.29, 0.717) is 6.54 Å². The van der Waals surface area contributed by atoms with Crippen LogP contribution in [0.3, 0.4) is 0 Å². The number of rotatable bonds is 6. The van der Waals surface area contributed by atoms with Gasteiger partial charge >= 0.3 is 12.1 Å². The highest BCUT2D eigenvalue weighted by atomic mass is 16.6. The number of amides is 1. The molecule has 1 rings (SSSR count). The number of aliphatic imine (C=N–C) groups is 1. The molecule has 0 aromatic rings. The largest absolute Gasteiger partial charge is 0.464 e. The van der Waals surface area contributed by atoms with Gasteiger partial charge in [-0.1, -0.05) is 6.08 Å². The van der Waals surface area contributed by atoms with Crippen LogP contribution in [-0.2, 0) is 14.3 Å². The third-order valence-electron chi connectivity index (χ3n) is 3.89. The van der Waals surface area contributed by atoms with Crippen molar-refractivity contribution in [2.75, 3.05) is 26.7 Å². The van der Waals surface area contributed by atoms with E-state index in [0.717, 1.165) is 31.5 Å². The summed E-state index contributed by atoms with van der Waals surface area (Å²) in [6, 6.07) is 0.0401. The number of ether oxygens (including phenoxy) is 2. The van der Waals surface area contributed by atoms with Gasteiger partial charge in [0, 0.05) is 19.1 Å². The Bertz CT molecular complexity index is 576. The summed E-state index contributed by atoms with van der Waals surface area (Å²) in [6.07, 6.45) is 5.12. The number of carbonyl (C=O) groups is 2. The lowest BCUT2D eigenvalue weighted by molar-refractivity contribution is -0.136. The molecule has 1 fully saturated rings. The molecule has 1 heterocycles. The fourth-order valence-corrected chi connectivity index (χ4v) is 2.72. The second-order valence-corrected chi connectivity index (χ2v) is 7.26. The van der Waals surface area contributed by atoms with Crippen molar-refractivity contribution in [3.63, 3.8) is 0 Å². The molecule has 0 aromatic heterocycles. The van der Waals surface area contributed by atoms with Crippen LogP contribution in [0.15, 0.2) is 28.4 Å². The Balaban J connectivity index is 2.66. The minimum Gasteiger partial charge on any atom is -0.464 e. The molecule has 1 atom stereocenters. The molecule has 0 unspecified atom stereocenters. The Kier molecular flexibility index (Phi) is 8.51. The van der Waals surface area contributed by atoms with Crippen LogP contribution in [0.4, 0.5) is 4.79 Å². The van der Waals surface area contributed by atoms with Crippen molar-refractivity contribution in [1.82, 2.24) is 10.2 Å². The molecule has 0 saturated carbocycles. The second-order valence-electron chi connectivity index (χ2n) is 7.26. The van der Waals surface area contributed by atoms with E-state index in [4.69, 9.17) is 9.47 Å². The lowest BCUT2D eigenvalue weighted by atomic mass is 10.0. The van der Waals surface area contributed by atoms with E-state index < -0.39 is 11.6 Å². The van der Waals surface area contributed by atoms with Gasteiger partial charge in [-0.15, -0.1) is 0 Å². The minimum atomic E-state index is -0.512. The summed E-state index contributed by atoms with van der Waals surface area (Å²) in [5.41, 5.74) is 0.611. The number of nitrogens with one attached hydrogen (secondary N) is 1. The maximum atomic E-state index is 12.0. The molecule has 7 heteroatoms. The second kappa shape index (κ2) is 10.1. The van der Waals surface area contributed by atoms with Gasteiger partial charge in [0.1, 0.15) is 11.3 Å². The topological polar surface area (TPSA) is 80.2 Å². The van der Waals surface area contributed by atoms with E-state index in [1.807, 2.05) is 33.8 Å². The summed E-state index contributed by atoms with van der Waals surface area (Å²) in [5.74, 6) is -0.512. The number of likely N-dealkylation sites (tertiary alicyclic amines) is 1. The zero-order valence-corrected chi connectivity index (χ0v) is 16.5. The average Bonchev–Trinajstić information content (AvgIpc) is 2.56. The van der Waals surface area contributed by atoms with Crippen LogP contribution >= 0.6 is 0 Å². The van der Waals surface area contributed by atoms with E-state index in [1.54, 1.807) is 6.08 Å². The molecule has 7 nitrogen and oxygen atoms in total. The zero-order valence-electron chi connectivity index (χ0n) is 16.5. The van der Waals surface area contributed by atoms with E-state index in [2.05, 4.69) is 21.9 Å². The summed E-state index contributed by atoms with van der Waals surface area (Å²) in [4.78, 5) is 29.6. The Morgan fingerprint density at radius 2 is 2.08 bits per heavy atom. The molecule has 0 aliphatic carbocycles. The van der Waals surface area contributed by atoms with Crippen molar-refractivity contribution in [3.8, 4) is 0 Å². The first-order valence-electron chi connectivity index (χ1n) is 8.82. The van der Waals surface area contributed by atoms with Crippen LogP contribution in [0, 0.1) is 0 Å². The smallest absolute Gasteiger partial charge is 0.407 e. The summed E-state index contributed by atoms with van der Waals surface area (Å²) < 4.78 is 10.0. The molecule has 0 bridgehead atoms. The van der Waals surface area contributed by atoms with Crippen LogP contribution in [0.1, 0.15) is 40.5 Å². The summed E-state index contributed by atoms with van der Waals surface area (Å²) in [7, 11) is 1.31. The molecule has 1 aliphatic rings. The highest BCUT2D eigenvalue weighted by Crippen LogP contribution is 2.15. The first kappa shape index (κ1) is 21.9. The van der Waals surface area contributed by atoms with Crippen LogP contribution in [0.25, 0.3) is 0 Å². The number of carbonyl (C=O) groups excluding carboxylic acids is 2. The van der Waals surface area contributed by atoms with Gasteiger partial charge in [-0.3, -0.25) is 9.89 Å². The van der Waals surface area contributed by atoms with E-state index >= 15 is 0 Å². The molecular weight excluding hydrogens is 334 g/mol. The van der Waals surface area contributed by atoms with Crippen LogP contribution in [-0.4, -0.2) is 62.1 Å². The van der Waals surface area contributed by atoms with Gasteiger partial charge in [-0.2, -0.15) is 0 Å². The number of piperidine rings is 1. The monoisotopic (exact) mass is 365 g/mol. The van der Waals surface area contributed by atoms with Gasteiger partial charge in [0.05, 0.1) is 7.11 Å². The molecule has 0 radical (unpaired) electrons. The van der Waals surface area contributed by atoms with Gasteiger partial charge in [0.25, 0.3) is 0 Å². The SMILES string of the molecule is C=N/C(=C\C(=C/C)CN1CCC[C@@H](NC(=O)OC(C)(C)C)C1)C(=O)OC. The van der Waals surface area contributed by atoms with E-state index in [9.17, 15) is 9.59 Å². The quantitative estimate of drug-likeness (QED) is 0.339. The summed E-state index contributed by atoms with van der Waals surface area (Å²) >= 11 is 0. The lowest BCUT2D eigenvalue weighted by Gasteiger charge is -2.33. The summed E-state index contributed by atoms with van der Waals surface area (Å²) in [5, 5.41) is 2.94. The first-order chi connectivity index (χ1) is 12.2. The molecule has 1 N–H and O–H groups in total. The first-order valence-corrected chi connectivity index (χ1v) is 8.82. The van der Waals surface area contributed by atoms with Gasteiger partial charge in [-0.05, 0) is 65.4 Å². The third kappa shape index (κ3) is 7.82. The highest BCUT2D eigenvalue weighted by Gasteiger charge is 2.24. The van der Waals surface area contributed by atoms with Gasteiger partial charge in [0.15, 0.2) is 0 Å². The van der Waals surface area contributed by atoms with Crippen molar-refractivity contribution in [1.29, 1.82) is 0 Å². The lowest BCUT2D eigenvalue weighted by Crippen LogP contribution is -2.49. The number of allylic oxidation sites excluding steroid dienone is 1. The van der Waals surface area contributed by atoms with Crippen molar-refractivity contribution >= 4 is 18.8 Å². The highest BCUT2D eigenvalue weighted by molar-refractivity contribution is 5.89. The minimum absolute atomic E-state index is 0.0401. The Labute approximate surface area is 156 Å². The normalized spacial score (nSPS) is 19.7. The number of hydrogen-bond acceptors (Lipinski definition) is 6. The van der Waals surface area contributed by atoms with Gasteiger partial charge < -0.3 is 14.8 Å². The zero-order chi connectivity index (χ0) is 19.7. The van der Waals surface area contributed by atoms with E-state index in [1.165, 1.54) is 7.11 Å². The molecule has 1 amide bonds. The third-order valence-corrected chi connectivity index (χ3v) is 3.89. The number of alkyl carbamates (subject to hydrolysis) is 1. The number of methoxy groups -OCH3 is 1. The Hall–Kier alpha value is -2.15. The fraction of sp³-hybridized carbons (Fsp3) is 0.632. The number of esters is 1. The van der Waals surface area contributed by atoms with Crippen LogP contribution < -0.4 is 5.32 Å². The maximum Gasteiger partial charge on any atom is 0.407 e. The molecular formula is C19H31N3O4. The number of hydrogen-bond donors (Lipinski definition) is 1. The van der Waals surface area contributed by atoms with Crippen LogP contribution in [0.5, 0.6) is 0 Å². The molecule has 1 saturated heterocycles. The number of nitrogens with zero attached hydrogens (tertiary/aromatic N) is 2. The van der Waals surface area contributed by atoms with Crippen molar-refractivity contribution in [3.05, 3.63) is 23.4 Å².